The van der Waals surface area contributed by atoms with E-state index in [9.17, 15) is 9.59 Å². The molecule has 0 unspecified atom stereocenters. The number of nitrogens with zero attached hydrogens (tertiary/aromatic N) is 3. The molecule has 2 heterocycles. The molecule has 8 nitrogen and oxygen atoms in total. The highest BCUT2D eigenvalue weighted by molar-refractivity contribution is 6.03. The number of carbonyl (C=O) groups is 2. The van der Waals surface area contributed by atoms with Gasteiger partial charge in [0.05, 0.1) is 12.7 Å². The average molecular weight is 427 g/mol. The van der Waals surface area contributed by atoms with Crippen molar-refractivity contribution in [2.24, 2.45) is 0 Å². The molecule has 0 radical (unpaired) electrons. The van der Waals surface area contributed by atoms with Gasteiger partial charge in [-0.2, -0.15) is 5.10 Å². The lowest BCUT2D eigenvalue weighted by atomic mass is 9.96. The quantitative estimate of drug-likeness (QED) is 0.368. The van der Waals surface area contributed by atoms with Gasteiger partial charge in [-0.3, -0.25) is 4.79 Å². The monoisotopic (exact) mass is 427 g/mol. The van der Waals surface area contributed by atoms with Crippen molar-refractivity contribution in [3.05, 3.63) is 78.8 Å². The average Bonchev–Trinajstić information content (AvgIpc) is 3.20. The summed E-state index contributed by atoms with van der Waals surface area (Å²) in [6.45, 7) is 5.30. The number of methoxy groups -OCH3 is 1. The summed E-state index contributed by atoms with van der Waals surface area (Å²) in [5.41, 5.74) is 11.8. The molecular formula is C24H21N5O3. The Kier molecular flexibility index (Phi) is 5.43. The summed E-state index contributed by atoms with van der Waals surface area (Å²) in [4.78, 5) is 27.8. The number of carbonyl (C=O) groups excluding carboxylic acids is 2. The summed E-state index contributed by atoms with van der Waals surface area (Å²) >= 11 is 0. The third-order valence-corrected chi connectivity index (χ3v) is 5.04. The lowest BCUT2D eigenvalue weighted by molar-refractivity contribution is -0.112. The van der Waals surface area contributed by atoms with Crippen molar-refractivity contribution in [1.29, 1.82) is 0 Å². The molecular weight excluding hydrogens is 406 g/mol. The van der Waals surface area contributed by atoms with Crippen molar-refractivity contribution >= 4 is 28.9 Å². The summed E-state index contributed by atoms with van der Waals surface area (Å²) in [5.74, 6) is -0.306. The lowest BCUT2D eigenvalue weighted by Gasteiger charge is -2.09. The number of fused-ring (bicyclic) bond motifs is 1. The minimum Gasteiger partial charge on any atom is -0.465 e. The largest absolute Gasteiger partial charge is 0.465 e. The third kappa shape index (κ3) is 3.81. The number of amides is 1. The van der Waals surface area contributed by atoms with Crippen LogP contribution in [0.3, 0.4) is 0 Å². The normalized spacial score (nSPS) is 10.7. The minimum absolute atomic E-state index is 0.234. The van der Waals surface area contributed by atoms with Gasteiger partial charge >= 0.3 is 5.97 Å². The highest BCUT2D eigenvalue weighted by atomic mass is 16.5. The second-order valence-electron chi connectivity index (χ2n) is 7.24. The number of hydrogen-bond donors (Lipinski definition) is 2. The molecule has 4 rings (SSSR count). The van der Waals surface area contributed by atoms with E-state index in [0.29, 0.717) is 28.2 Å². The van der Waals surface area contributed by atoms with Gasteiger partial charge in [0.2, 0.25) is 0 Å². The number of benzene rings is 2. The maximum absolute atomic E-state index is 11.9. The Hall–Kier alpha value is -4.46. The van der Waals surface area contributed by atoms with E-state index in [1.54, 1.807) is 23.6 Å². The van der Waals surface area contributed by atoms with Crippen molar-refractivity contribution < 1.29 is 14.3 Å². The minimum atomic E-state index is -0.409. The fourth-order valence-electron chi connectivity index (χ4n) is 3.41. The molecule has 0 spiro atoms. The van der Waals surface area contributed by atoms with Gasteiger partial charge in [-0.15, -0.1) is 0 Å². The second kappa shape index (κ2) is 8.35. The standard InChI is InChI=1S/C24H21N5O3/c1-14(2)23(30)28-18-10-8-15(9-11-18)19-12-29-21(22(25)26-13-27-29)20(19)16-4-6-17(7-5-16)24(31)32-3/h4-13H,1H2,2-3H3,(H,28,30)(H2,25,26,27). The Morgan fingerprint density at radius 2 is 1.72 bits per heavy atom. The van der Waals surface area contributed by atoms with Crippen LogP contribution in [0.25, 0.3) is 27.8 Å². The van der Waals surface area contributed by atoms with Crippen LogP contribution in [0.2, 0.25) is 0 Å². The van der Waals surface area contributed by atoms with Crippen molar-refractivity contribution in [2.75, 3.05) is 18.2 Å². The van der Waals surface area contributed by atoms with Gasteiger partial charge in [-0.05, 0) is 42.3 Å². The van der Waals surface area contributed by atoms with E-state index >= 15 is 0 Å². The number of nitrogen functional groups attached to an aromatic ring is 1. The first-order valence-corrected chi connectivity index (χ1v) is 9.77. The van der Waals surface area contributed by atoms with Crippen LogP contribution < -0.4 is 11.1 Å². The van der Waals surface area contributed by atoms with E-state index in [2.05, 4.69) is 22.0 Å². The third-order valence-electron chi connectivity index (χ3n) is 5.04. The molecule has 0 aliphatic rings. The van der Waals surface area contributed by atoms with E-state index in [1.807, 2.05) is 42.6 Å². The molecule has 2 aromatic heterocycles. The zero-order valence-electron chi connectivity index (χ0n) is 17.6. The molecule has 4 aromatic rings. The first-order valence-electron chi connectivity index (χ1n) is 9.77. The summed E-state index contributed by atoms with van der Waals surface area (Å²) in [6, 6.07) is 14.5. The Balaban J connectivity index is 1.82. The van der Waals surface area contributed by atoms with Crippen molar-refractivity contribution in [3.8, 4) is 22.3 Å². The van der Waals surface area contributed by atoms with E-state index in [4.69, 9.17) is 10.5 Å². The molecule has 3 N–H and O–H groups in total. The van der Waals surface area contributed by atoms with Crippen LogP contribution in [0, 0.1) is 0 Å². The van der Waals surface area contributed by atoms with Crippen LogP contribution in [0.1, 0.15) is 17.3 Å². The first kappa shape index (κ1) is 20.8. The van der Waals surface area contributed by atoms with Crippen LogP contribution in [0.4, 0.5) is 11.5 Å². The molecule has 0 saturated heterocycles. The number of hydrogen-bond acceptors (Lipinski definition) is 6. The fraction of sp³-hybridized carbons (Fsp3) is 0.0833. The number of anilines is 2. The summed E-state index contributed by atoms with van der Waals surface area (Å²) < 4.78 is 6.46. The van der Waals surface area contributed by atoms with Gasteiger partial charge < -0.3 is 15.8 Å². The SMILES string of the molecule is C=C(C)C(=O)Nc1ccc(-c2cn3ncnc(N)c3c2-c2ccc(C(=O)OC)cc2)cc1. The molecule has 0 aliphatic heterocycles. The van der Waals surface area contributed by atoms with Gasteiger partial charge in [0.25, 0.3) is 5.91 Å². The van der Waals surface area contributed by atoms with Gasteiger partial charge in [0.15, 0.2) is 5.82 Å². The summed E-state index contributed by atoms with van der Waals surface area (Å²) in [5, 5.41) is 7.09. The molecule has 0 bridgehead atoms. The number of rotatable bonds is 5. The van der Waals surface area contributed by atoms with Crippen LogP contribution in [-0.2, 0) is 9.53 Å². The first-order chi connectivity index (χ1) is 15.4. The molecule has 8 heteroatoms. The van der Waals surface area contributed by atoms with Crippen molar-refractivity contribution in [3.63, 3.8) is 0 Å². The molecule has 2 aromatic carbocycles. The fourth-order valence-corrected chi connectivity index (χ4v) is 3.41. The number of ether oxygens (including phenoxy) is 1. The number of esters is 1. The zero-order valence-corrected chi connectivity index (χ0v) is 17.6. The smallest absolute Gasteiger partial charge is 0.337 e. The van der Waals surface area contributed by atoms with Crippen LogP contribution in [0.5, 0.6) is 0 Å². The molecule has 0 aliphatic carbocycles. The number of nitrogens with one attached hydrogen (secondary N) is 1. The highest BCUT2D eigenvalue weighted by Crippen LogP contribution is 2.38. The Morgan fingerprint density at radius 1 is 1.06 bits per heavy atom. The van der Waals surface area contributed by atoms with Crippen molar-refractivity contribution in [2.45, 2.75) is 6.92 Å². The van der Waals surface area contributed by atoms with Crippen LogP contribution >= 0.6 is 0 Å². The van der Waals surface area contributed by atoms with Crippen LogP contribution in [-0.4, -0.2) is 33.6 Å². The number of aromatic nitrogens is 3. The van der Waals surface area contributed by atoms with Gasteiger partial charge in [0, 0.05) is 28.6 Å². The molecule has 32 heavy (non-hydrogen) atoms. The predicted octanol–water partition coefficient (Wildman–Crippen LogP) is 3.95. The summed E-state index contributed by atoms with van der Waals surface area (Å²) in [7, 11) is 1.34. The van der Waals surface area contributed by atoms with Crippen molar-refractivity contribution in [1.82, 2.24) is 14.6 Å². The van der Waals surface area contributed by atoms with Gasteiger partial charge in [0.1, 0.15) is 11.8 Å². The second-order valence-corrected chi connectivity index (χ2v) is 7.24. The van der Waals surface area contributed by atoms with Gasteiger partial charge in [-0.1, -0.05) is 30.8 Å². The number of nitrogens with two attached hydrogens (primary N) is 1. The van der Waals surface area contributed by atoms with E-state index in [-0.39, 0.29) is 5.91 Å². The van der Waals surface area contributed by atoms with Crippen LogP contribution in [0.15, 0.2) is 73.2 Å². The highest BCUT2D eigenvalue weighted by Gasteiger charge is 2.18. The predicted molar refractivity (Wildman–Crippen MR) is 123 cm³/mol. The molecule has 160 valence electrons. The molecule has 0 fully saturated rings. The van der Waals surface area contributed by atoms with E-state index in [0.717, 1.165) is 22.3 Å². The Labute approximate surface area is 184 Å². The molecule has 0 atom stereocenters. The Bertz CT molecular complexity index is 1340. The maximum Gasteiger partial charge on any atom is 0.337 e. The Morgan fingerprint density at radius 3 is 2.34 bits per heavy atom. The van der Waals surface area contributed by atoms with E-state index < -0.39 is 5.97 Å². The van der Waals surface area contributed by atoms with E-state index in [1.165, 1.54) is 13.4 Å². The van der Waals surface area contributed by atoms with Gasteiger partial charge in [-0.25, -0.2) is 14.3 Å². The topological polar surface area (TPSA) is 112 Å². The summed E-state index contributed by atoms with van der Waals surface area (Å²) in [6.07, 6.45) is 3.27. The maximum atomic E-state index is 11.9. The lowest BCUT2D eigenvalue weighted by Crippen LogP contribution is -2.11. The molecule has 1 amide bonds. The zero-order chi connectivity index (χ0) is 22.8. The molecule has 0 saturated carbocycles.